The van der Waals surface area contributed by atoms with Crippen LogP contribution in [0.5, 0.6) is 0 Å². The van der Waals surface area contributed by atoms with Crippen molar-refractivity contribution in [2.75, 3.05) is 36.9 Å². The number of benzene rings is 1. The van der Waals surface area contributed by atoms with Gasteiger partial charge in [0.25, 0.3) is 0 Å². The Morgan fingerprint density at radius 1 is 1.27 bits per heavy atom. The summed E-state index contributed by atoms with van der Waals surface area (Å²) in [7, 11) is 1.63. The zero-order valence-corrected chi connectivity index (χ0v) is 14.9. The predicted octanol–water partition coefficient (Wildman–Crippen LogP) is 2.23. The summed E-state index contributed by atoms with van der Waals surface area (Å²) in [6.45, 7) is 2.02. The van der Waals surface area contributed by atoms with Gasteiger partial charge < -0.3 is 15.5 Å². The summed E-state index contributed by atoms with van der Waals surface area (Å²) in [5, 5.41) is 5.75. The van der Waals surface area contributed by atoms with Crippen LogP contribution in [-0.4, -0.2) is 42.6 Å². The molecular weight excluding hydrogens is 333 g/mol. The fourth-order valence-corrected chi connectivity index (χ4v) is 3.15. The highest BCUT2D eigenvalue weighted by Gasteiger charge is 2.26. The molecule has 1 saturated heterocycles. The standard InChI is InChI=1S/C19H24FN5O/c1-21-17-16(20)13-23-19(24-17)25-11-8-15(9-12-25)18(26)22-10-7-14-5-3-2-4-6-14/h2-6,13,15H,7-12H2,1H3,(H,22,26)(H,21,23,24). The Morgan fingerprint density at radius 3 is 2.69 bits per heavy atom. The van der Waals surface area contributed by atoms with E-state index in [2.05, 4.69) is 32.7 Å². The van der Waals surface area contributed by atoms with Gasteiger partial charge in [-0.05, 0) is 24.8 Å². The zero-order valence-electron chi connectivity index (χ0n) is 14.9. The van der Waals surface area contributed by atoms with Gasteiger partial charge in [-0.1, -0.05) is 30.3 Å². The first kappa shape index (κ1) is 18.1. The second-order valence-corrected chi connectivity index (χ2v) is 6.40. The Labute approximate surface area is 152 Å². The number of aromatic nitrogens is 2. The highest BCUT2D eigenvalue weighted by atomic mass is 19.1. The highest BCUT2D eigenvalue weighted by Crippen LogP contribution is 2.22. The van der Waals surface area contributed by atoms with E-state index in [1.807, 2.05) is 23.1 Å². The van der Waals surface area contributed by atoms with E-state index in [1.165, 1.54) is 11.8 Å². The summed E-state index contributed by atoms with van der Waals surface area (Å²) >= 11 is 0. The fourth-order valence-electron chi connectivity index (χ4n) is 3.15. The lowest BCUT2D eigenvalue weighted by Gasteiger charge is -2.31. The molecule has 2 N–H and O–H groups in total. The number of rotatable bonds is 6. The third-order valence-electron chi connectivity index (χ3n) is 4.67. The van der Waals surface area contributed by atoms with Crippen LogP contribution in [0.2, 0.25) is 0 Å². The van der Waals surface area contributed by atoms with E-state index in [1.54, 1.807) is 7.05 Å². The van der Waals surface area contributed by atoms with Crippen LogP contribution < -0.4 is 15.5 Å². The molecule has 0 spiro atoms. The molecule has 1 aromatic heterocycles. The summed E-state index contributed by atoms with van der Waals surface area (Å²) < 4.78 is 13.5. The van der Waals surface area contributed by atoms with Gasteiger partial charge in [-0.25, -0.2) is 9.37 Å². The van der Waals surface area contributed by atoms with Crippen LogP contribution in [0.4, 0.5) is 16.2 Å². The van der Waals surface area contributed by atoms with Gasteiger partial charge in [-0.3, -0.25) is 4.79 Å². The first-order valence-electron chi connectivity index (χ1n) is 8.94. The number of piperidine rings is 1. The molecule has 3 rings (SSSR count). The molecule has 7 heteroatoms. The van der Waals surface area contributed by atoms with Crippen LogP contribution in [0.25, 0.3) is 0 Å². The molecule has 26 heavy (non-hydrogen) atoms. The van der Waals surface area contributed by atoms with Crippen LogP contribution >= 0.6 is 0 Å². The fraction of sp³-hybridized carbons (Fsp3) is 0.421. The van der Waals surface area contributed by atoms with E-state index in [9.17, 15) is 9.18 Å². The smallest absolute Gasteiger partial charge is 0.227 e. The number of anilines is 2. The lowest BCUT2D eigenvalue weighted by molar-refractivity contribution is -0.125. The van der Waals surface area contributed by atoms with Crippen LogP contribution in [0, 0.1) is 11.7 Å². The summed E-state index contributed by atoms with van der Waals surface area (Å²) in [6, 6.07) is 10.1. The molecular formula is C19H24FN5O. The molecule has 0 saturated carbocycles. The molecule has 6 nitrogen and oxygen atoms in total. The Kier molecular flexibility index (Phi) is 5.99. The summed E-state index contributed by atoms with van der Waals surface area (Å²) in [5.41, 5.74) is 1.22. The number of halogens is 1. The molecule has 1 aromatic carbocycles. The number of carbonyl (C=O) groups excluding carboxylic acids is 1. The number of amides is 1. The first-order chi connectivity index (χ1) is 12.7. The van der Waals surface area contributed by atoms with Gasteiger partial charge in [0.2, 0.25) is 11.9 Å². The van der Waals surface area contributed by atoms with Gasteiger partial charge in [0.1, 0.15) is 0 Å². The van der Waals surface area contributed by atoms with Crippen LogP contribution in [-0.2, 0) is 11.2 Å². The van der Waals surface area contributed by atoms with Gasteiger partial charge in [-0.15, -0.1) is 0 Å². The average Bonchev–Trinajstić information content (AvgIpc) is 2.69. The maximum absolute atomic E-state index is 13.5. The molecule has 0 bridgehead atoms. The lowest BCUT2D eigenvalue weighted by Crippen LogP contribution is -2.41. The van der Waals surface area contributed by atoms with Crippen molar-refractivity contribution >= 4 is 17.7 Å². The van der Waals surface area contributed by atoms with E-state index < -0.39 is 5.82 Å². The number of nitrogens with one attached hydrogen (secondary N) is 2. The minimum Gasteiger partial charge on any atom is -0.371 e. The van der Waals surface area contributed by atoms with Crippen LogP contribution in [0.15, 0.2) is 36.5 Å². The third-order valence-corrected chi connectivity index (χ3v) is 4.67. The van der Waals surface area contributed by atoms with E-state index in [-0.39, 0.29) is 17.6 Å². The summed E-state index contributed by atoms with van der Waals surface area (Å²) in [5.74, 6) is 0.334. The van der Waals surface area contributed by atoms with Gasteiger partial charge in [0.05, 0.1) is 6.20 Å². The van der Waals surface area contributed by atoms with Crippen molar-refractivity contribution in [3.8, 4) is 0 Å². The Bertz CT molecular complexity index is 732. The minimum atomic E-state index is -0.469. The number of nitrogens with zero attached hydrogens (tertiary/aromatic N) is 3. The van der Waals surface area contributed by atoms with Crippen molar-refractivity contribution in [1.82, 2.24) is 15.3 Å². The van der Waals surface area contributed by atoms with Gasteiger partial charge >= 0.3 is 0 Å². The van der Waals surface area contributed by atoms with E-state index in [4.69, 9.17) is 0 Å². The van der Waals surface area contributed by atoms with Crippen molar-refractivity contribution in [3.05, 3.63) is 47.9 Å². The molecule has 138 valence electrons. The second kappa shape index (κ2) is 8.60. The van der Waals surface area contributed by atoms with E-state index >= 15 is 0 Å². The van der Waals surface area contributed by atoms with Crippen LogP contribution in [0.3, 0.4) is 0 Å². The largest absolute Gasteiger partial charge is 0.371 e. The maximum Gasteiger partial charge on any atom is 0.227 e. The number of hydrogen-bond donors (Lipinski definition) is 2. The molecule has 2 aromatic rings. The number of carbonyl (C=O) groups is 1. The molecule has 0 atom stereocenters. The molecule has 0 aliphatic carbocycles. The average molecular weight is 357 g/mol. The molecule has 1 aliphatic heterocycles. The third kappa shape index (κ3) is 4.47. The zero-order chi connectivity index (χ0) is 18.4. The highest BCUT2D eigenvalue weighted by molar-refractivity contribution is 5.78. The molecule has 1 fully saturated rings. The Morgan fingerprint density at radius 2 is 2.00 bits per heavy atom. The summed E-state index contributed by atoms with van der Waals surface area (Å²) in [6.07, 6.45) is 3.50. The predicted molar refractivity (Wildman–Crippen MR) is 99.6 cm³/mol. The van der Waals surface area contributed by atoms with Gasteiger partial charge in [0, 0.05) is 32.6 Å². The minimum absolute atomic E-state index is 0.00578. The quantitative estimate of drug-likeness (QED) is 0.830. The maximum atomic E-state index is 13.5. The topological polar surface area (TPSA) is 70.2 Å². The molecule has 1 aliphatic rings. The van der Waals surface area contributed by atoms with E-state index in [0.29, 0.717) is 25.6 Å². The molecule has 1 amide bonds. The van der Waals surface area contributed by atoms with Crippen molar-refractivity contribution in [3.63, 3.8) is 0 Å². The first-order valence-corrected chi connectivity index (χ1v) is 8.94. The molecule has 2 heterocycles. The van der Waals surface area contributed by atoms with Crippen molar-refractivity contribution in [2.45, 2.75) is 19.3 Å². The van der Waals surface area contributed by atoms with E-state index in [0.717, 1.165) is 19.3 Å². The Hall–Kier alpha value is -2.70. The lowest BCUT2D eigenvalue weighted by atomic mass is 9.96. The monoisotopic (exact) mass is 357 g/mol. The van der Waals surface area contributed by atoms with Crippen molar-refractivity contribution in [1.29, 1.82) is 0 Å². The van der Waals surface area contributed by atoms with Crippen molar-refractivity contribution < 1.29 is 9.18 Å². The molecule has 0 unspecified atom stereocenters. The van der Waals surface area contributed by atoms with Gasteiger partial charge in [-0.2, -0.15) is 4.98 Å². The van der Waals surface area contributed by atoms with Crippen LogP contribution in [0.1, 0.15) is 18.4 Å². The second-order valence-electron chi connectivity index (χ2n) is 6.40. The summed E-state index contributed by atoms with van der Waals surface area (Å²) in [4.78, 5) is 22.6. The van der Waals surface area contributed by atoms with Crippen molar-refractivity contribution in [2.24, 2.45) is 5.92 Å². The molecule has 0 radical (unpaired) electrons. The number of hydrogen-bond acceptors (Lipinski definition) is 5. The SMILES string of the molecule is CNc1nc(N2CCC(C(=O)NCCc3ccccc3)CC2)ncc1F. The van der Waals surface area contributed by atoms with Gasteiger partial charge in [0.15, 0.2) is 11.6 Å². The Balaban J connectivity index is 1.46. The normalized spacial score (nSPS) is 14.9.